The molecule has 5 rings (SSSR count). The molecule has 0 unspecified atom stereocenters. The third-order valence-corrected chi connectivity index (χ3v) is 8.45. The zero-order valence-corrected chi connectivity index (χ0v) is 23.1. The van der Waals surface area contributed by atoms with Crippen LogP contribution < -0.4 is 5.32 Å². The number of pyridine rings is 1. The number of benzene rings is 1. The molecule has 0 spiro atoms. The van der Waals surface area contributed by atoms with E-state index in [1.54, 1.807) is 7.05 Å². The van der Waals surface area contributed by atoms with Crippen molar-refractivity contribution in [3.8, 4) is 11.3 Å². The SMILES string of the molecule is CC(C)[C@H]1CNCCN1Cc1nc(C(F)(F)F)cc2c(-c3cccc([C@H](C(=N)N(C)C=N)C4CCC4)c3)n[nH]c12. The van der Waals surface area contributed by atoms with Gasteiger partial charge in [0.2, 0.25) is 0 Å². The number of likely N-dealkylation sites (N-methyl/N-ethyl adjacent to an activating group) is 1. The number of halogens is 3. The summed E-state index contributed by atoms with van der Waals surface area (Å²) in [6.07, 6.45) is -0.354. The monoisotopic (exact) mass is 554 g/mol. The molecule has 11 heteroatoms. The van der Waals surface area contributed by atoms with E-state index in [9.17, 15) is 13.2 Å². The van der Waals surface area contributed by atoms with Crippen molar-refractivity contribution in [1.29, 1.82) is 10.8 Å². The van der Waals surface area contributed by atoms with Gasteiger partial charge in [-0.25, -0.2) is 4.98 Å². The Bertz CT molecular complexity index is 1380. The van der Waals surface area contributed by atoms with Crippen molar-refractivity contribution in [2.75, 3.05) is 26.7 Å². The number of hydrogen-bond acceptors (Lipinski definition) is 6. The van der Waals surface area contributed by atoms with Crippen LogP contribution in [0.3, 0.4) is 0 Å². The van der Waals surface area contributed by atoms with Gasteiger partial charge in [0.15, 0.2) is 0 Å². The fourth-order valence-electron chi connectivity index (χ4n) is 5.97. The van der Waals surface area contributed by atoms with Crippen LogP contribution >= 0.6 is 0 Å². The molecule has 3 heterocycles. The van der Waals surface area contributed by atoms with E-state index < -0.39 is 11.9 Å². The molecule has 2 fully saturated rings. The number of alkyl halides is 3. The van der Waals surface area contributed by atoms with Crippen LogP contribution in [0.25, 0.3) is 22.2 Å². The Balaban J connectivity index is 1.57. The number of H-pyrrole nitrogens is 1. The number of aromatic nitrogens is 3. The molecule has 2 aromatic heterocycles. The average Bonchev–Trinajstić information content (AvgIpc) is 3.34. The highest BCUT2D eigenvalue weighted by Crippen LogP contribution is 2.42. The van der Waals surface area contributed by atoms with Crippen molar-refractivity contribution >= 4 is 23.1 Å². The largest absolute Gasteiger partial charge is 0.433 e. The summed E-state index contributed by atoms with van der Waals surface area (Å²) in [4.78, 5) is 7.81. The van der Waals surface area contributed by atoms with Crippen molar-refractivity contribution in [2.45, 2.75) is 57.8 Å². The van der Waals surface area contributed by atoms with Crippen LogP contribution in [0.15, 0.2) is 30.3 Å². The fourth-order valence-corrected chi connectivity index (χ4v) is 5.97. The number of piperazine rings is 1. The zero-order chi connectivity index (χ0) is 28.6. The lowest BCUT2D eigenvalue weighted by atomic mass is 9.72. The first kappa shape index (κ1) is 28.2. The molecule has 4 N–H and O–H groups in total. The van der Waals surface area contributed by atoms with Crippen molar-refractivity contribution < 1.29 is 13.2 Å². The van der Waals surface area contributed by atoms with Crippen LogP contribution in [0.2, 0.25) is 0 Å². The van der Waals surface area contributed by atoms with Gasteiger partial charge < -0.3 is 10.2 Å². The molecule has 1 aliphatic heterocycles. The van der Waals surface area contributed by atoms with E-state index in [0.29, 0.717) is 52.1 Å². The highest BCUT2D eigenvalue weighted by Gasteiger charge is 2.36. The van der Waals surface area contributed by atoms with E-state index in [1.807, 2.05) is 24.3 Å². The van der Waals surface area contributed by atoms with Gasteiger partial charge in [0.1, 0.15) is 17.2 Å². The molecule has 0 bridgehead atoms. The molecule has 2 atom stereocenters. The van der Waals surface area contributed by atoms with Crippen LogP contribution in [0, 0.1) is 22.7 Å². The maximum absolute atomic E-state index is 14.1. The van der Waals surface area contributed by atoms with Crippen LogP contribution in [0.4, 0.5) is 13.2 Å². The van der Waals surface area contributed by atoms with E-state index in [1.165, 1.54) is 4.90 Å². The second kappa shape index (κ2) is 11.3. The molecule has 8 nitrogen and oxygen atoms in total. The Labute approximate surface area is 232 Å². The van der Waals surface area contributed by atoms with E-state index in [0.717, 1.165) is 56.9 Å². The van der Waals surface area contributed by atoms with Crippen LogP contribution in [0.1, 0.15) is 56.0 Å². The Morgan fingerprint density at radius 3 is 2.67 bits per heavy atom. The van der Waals surface area contributed by atoms with Crippen LogP contribution in [-0.4, -0.2) is 69.9 Å². The summed E-state index contributed by atoms with van der Waals surface area (Å²) in [6.45, 7) is 6.82. The lowest BCUT2D eigenvalue weighted by Gasteiger charge is -2.38. The van der Waals surface area contributed by atoms with E-state index >= 15 is 0 Å². The van der Waals surface area contributed by atoms with Crippen molar-refractivity contribution in [1.82, 2.24) is 30.3 Å². The molecule has 0 radical (unpaired) electrons. The summed E-state index contributed by atoms with van der Waals surface area (Å²) < 4.78 is 42.2. The van der Waals surface area contributed by atoms with Gasteiger partial charge in [0, 0.05) is 56.1 Å². The predicted octanol–water partition coefficient (Wildman–Crippen LogP) is 5.47. The van der Waals surface area contributed by atoms with Crippen molar-refractivity contribution in [3.05, 3.63) is 47.3 Å². The number of amidine groups is 1. The van der Waals surface area contributed by atoms with Crippen molar-refractivity contribution in [3.63, 3.8) is 0 Å². The third-order valence-electron chi connectivity index (χ3n) is 8.45. The number of nitrogens with zero attached hydrogens (tertiary/aromatic N) is 4. The first-order chi connectivity index (χ1) is 19.1. The summed E-state index contributed by atoms with van der Waals surface area (Å²) in [5.74, 6) is 0.768. The Hall–Kier alpha value is -3.31. The molecule has 214 valence electrons. The first-order valence-electron chi connectivity index (χ1n) is 13.9. The van der Waals surface area contributed by atoms with Gasteiger partial charge in [-0.15, -0.1) is 0 Å². The van der Waals surface area contributed by atoms with E-state index in [2.05, 4.69) is 39.2 Å². The molecule has 1 saturated carbocycles. The molecule has 1 aromatic carbocycles. The maximum Gasteiger partial charge on any atom is 0.433 e. The third kappa shape index (κ3) is 5.49. The predicted molar refractivity (Wildman–Crippen MR) is 151 cm³/mol. The zero-order valence-electron chi connectivity index (χ0n) is 23.1. The minimum absolute atomic E-state index is 0.192. The smallest absolute Gasteiger partial charge is 0.324 e. The normalized spacial score (nSPS) is 19.5. The lowest BCUT2D eigenvalue weighted by molar-refractivity contribution is -0.141. The summed E-state index contributed by atoms with van der Waals surface area (Å²) in [5, 5.41) is 27.6. The summed E-state index contributed by atoms with van der Waals surface area (Å²) in [7, 11) is 1.70. The molecular formula is C29H37F3N8. The summed E-state index contributed by atoms with van der Waals surface area (Å²) in [5.41, 5.74) is 1.96. The standard InChI is InChI=1S/C29H37F3N8/c1-17(2)23-14-35-10-11-40(23)15-22-27-21(13-24(36-22)29(30,31)32)26(37-38-27)20-9-5-8-19(12-20)25(18-6-4-7-18)28(34)39(3)16-33/h5,8-9,12-13,16-18,23,25,33-35H,4,6-7,10-11,14-15H2,1-3H3,(H,37,38)/t23-,25-/m1/s1. The Kier molecular flexibility index (Phi) is 7.96. The Morgan fingerprint density at radius 1 is 1.25 bits per heavy atom. The fraction of sp³-hybridized carbons (Fsp3) is 0.517. The van der Waals surface area contributed by atoms with Gasteiger partial charge in [-0.3, -0.25) is 20.8 Å². The minimum atomic E-state index is -4.60. The van der Waals surface area contributed by atoms with Crippen LogP contribution in [-0.2, 0) is 12.7 Å². The number of rotatable bonds is 8. The number of hydrogen-bond donors (Lipinski definition) is 4. The molecule has 1 aliphatic carbocycles. The molecular weight excluding hydrogens is 517 g/mol. The summed E-state index contributed by atoms with van der Waals surface area (Å²) in [6, 6.07) is 8.89. The number of nitrogens with one attached hydrogen (secondary N) is 4. The van der Waals surface area contributed by atoms with E-state index in [-0.39, 0.29) is 12.0 Å². The van der Waals surface area contributed by atoms with Gasteiger partial charge >= 0.3 is 6.18 Å². The molecule has 1 saturated heterocycles. The molecule has 2 aliphatic rings. The minimum Gasteiger partial charge on any atom is -0.324 e. The quantitative estimate of drug-likeness (QED) is 0.218. The Morgan fingerprint density at radius 2 is 2.02 bits per heavy atom. The second-order valence-corrected chi connectivity index (χ2v) is 11.4. The van der Waals surface area contributed by atoms with Gasteiger partial charge in [-0.05, 0) is 42.4 Å². The van der Waals surface area contributed by atoms with Gasteiger partial charge in [-0.2, -0.15) is 18.3 Å². The molecule has 40 heavy (non-hydrogen) atoms. The van der Waals surface area contributed by atoms with Crippen LogP contribution in [0.5, 0.6) is 0 Å². The highest BCUT2D eigenvalue weighted by molar-refractivity contribution is 5.96. The van der Waals surface area contributed by atoms with Gasteiger partial charge in [0.25, 0.3) is 0 Å². The molecule has 0 amide bonds. The van der Waals surface area contributed by atoms with Crippen molar-refractivity contribution in [2.24, 2.45) is 11.8 Å². The number of fused-ring (bicyclic) bond motifs is 1. The van der Waals surface area contributed by atoms with Gasteiger partial charge in [0.05, 0.1) is 17.5 Å². The average molecular weight is 555 g/mol. The topological polar surface area (TPSA) is 108 Å². The summed E-state index contributed by atoms with van der Waals surface area (Å²) >= 11 is 0. The van der Waals surface area contributed by atoms with E-state index in [4.69, 9.17) is 10.8 Å². The molecule has 3 aromatic rings. The lowest BCUT2D eigenvalue weighted by Crippen LogP contribution is -2.53. The number of aromatic amines is 1. The maximum atomic E-state index is 14.1. The first-order valence-corrected chi connectivity index (χ1v) is 13.9. The second-order valence-electron chi connectivity index (χ2n) is 11.4. The highest BCUT2D eigenvalue weighted by atomic mass is 19.4. The van der Waals surface area contributed by atoms with Gasteiger partial charge in [-0.1, -0.05) is 38.5 Å².